The Bertz CT molecular complexity index is 771. The molecule has 0 radical (unpaired) electrons. The number of ether oxygens (including phenoxy) is 1. The van der Waals surface area contributed by atoms with Crippen LogP contribution in [0, 0.1) is 0 Å². The first-order valence-electron chi connectivity index (χ1n) is 11.5. The fourth-order valence-corrected chi connectivity index (χ4v) is 5.55. The Hall–Kier alpha value is -1.79. The van der Waals surface area contributed by atoms with Gasteiger partial charge in [0.2, 0.25) is 5.91 Å². The molecule has 0 aromatic heterocycles. The Labute approximate surface area is 192 Å². The first-order valence-corrected chi connectivity index (χ1v) is 11.5. The van der Waals surface area contributed by atoms with Gasteiger partial charge in [0.15, 0.2) is 0 Å². The lowest BCUT2D eigenvalue weighted by molar-refractivity contribution is -0.131. The summed E-state index contributed by atoms with van der Waals surface area (Å²) in [6.45, 7) is 9.49. The zero-order valence-corrected chi connectivity index (χ0v) is 19.7. The number of amides is 2. The summed E-state index contributed by atoms with van der Waals surface area (Å²) in [6, 6.07) is 9.24. The second kappa shape index (κ2) is 10.2. The van der Waals surface area contributed by atoms with Crippen LogP contribution < -0.4 is 0 Å². The molecular formula is C24H36ClN3O3. The summed E-state index contributed by atoms with van der Waals surface area (Å²) in [6.07, 6.45) is 4.92. The maximum atomic E-state index is 12.2. The van der Waals surface area contributed by atoms with E-state index >= 15 is 0 Å². The van der Waals surface area contributed by atoms with Gasteiger partial charge in [-0.25, -0.2) is 4.79 Å². The lowest BCUT2D eigenvalue weighted by Gasteiger charge is -2.50. The molecule has 0 unspecified atom stereocenters. The molecule has 0 N–H and O–H groups in total. The summed E-state index contributed by atoms with van der Waals surface area (Å²) in [5.41, 5.74) is 2.85. The molecule has 0 saturated carbocycles. The Balaban J connectivity index is 0.00000272. The van der Waals surface area contributed by atoms with Crippen molar-refractivity contribution < 1.29 is 14.3 Å². The quantitative estimate of drug-likeness (QED) is 0.704. The van der Waals surface area contributed by atoms with Crippen LogP contribution in [0.25, 0.3) is 0 Å². The van der Waals surface area contributed by atoms with E-state index in [0.29, 0.717) is 12.6 Å². The predicted octanol–water partition coefficient (Wildman–Crippen LogP) is 3.82. The lowest BCUT2D eigenvalue weighted by Crippen LogP contribution is -2.55. The predicted molar refractivity (Wildman–Crippen MR) is 124 cm³/mol. The first kappa shape index (κ1) is 23.9. The first-order chi connectivity index (χ1) is 14.5. The third kappa shape index (κ3) is 5.01. The minimum absolute atomic E-state index is 0. The molecule has 0 aliphatic carbocycles. The van der Waals surface area contributed by atoms with Crippen LogP contribution in [0.3, 0.4) is 0 Å². The monoisotopic (exact) mass is 449 g/mol. The molecular weight excluding hydrogens is 414 g/mol. The number of fused-ring (bicyclic) bond motifs is 2. The normalized spacial score (nSPS) is 21.4. The van der Waals surface area contributed by atoms with E-state index in [1.807, 2.05) is 16.7 Å². The zero-order valence-electron chi connectivity index (χ0n) is 18.8. The Kier molecular flexibility index (Phi) is 7.87. The molecule has 2 saturated heterocycles. The average Bonchev–Trinajstić information content (AvgIpc) is 2.78. The number of hydrogen-bond donors (Lipinski definition) is 0. The molecule has 4 rings (SSSR count). The van der Waals surface area contributed by atoms with Gasteiger partial charge >= 0.3 is 6.09 Å². The van der Waals surface area contributed by atoms with Crippen molar-refractivity contribution in [1.29, 1.82) is 0 Å². The molecule has 1 aromatic carbocycles. The minimum Gasteiger partial charge on any atom is -0.449 e. The number of hydrogen-bond acceptors (Lipinski definition) is 4. The van der Waals surface area contributed by atoms with Gasteiger partial charge in [-0.1, -0.05) is 31.2 Å². The van der Waals surface area contributed by atoms with Crippen LogP contribution >= 0.6 is 12.4 Å². The van der Waals surface area contributed by atoms with Gasteiger partial charge in [0.1, 0.15) is 0 Å². The van der Waals surface area contributed by atoms with Gasteiger partial charge in [-0.3, -0.25) is 4.79 Å². The van der Waals surface area contributed by atoms with E-state index in [2.05, 4.69) is 29.2 Å². The van der Waals surface area contributed by atoms with E-state index < -0.39 is 0 Å². The van der Waals surface area contributed by atoms with E-state index in [4.69, 9.17) is 4.74 Å². The molecule has 0 bridgehead atoms. The van der Waals surface area contributed by atoms with E-state index in [-0.39, 0.29) is 29.8 Å². The third-order valence-corrected chi connectivity index (χ3v) is 7.31. The maximum Gasteiger partial charge on any atom is 0.409 e. The fourth-order valence-electron chi connectivity index (χ4n) is 5.55. The number of carbonyl (C=O) groups excluding carboxylic acids is 2. The van der Waals surface area contributed by atoms with Gasteiger partial charge in [-0.2, -0.15) is 0 Å². The number of piperidine rings is 2. The van der Waals surface area contributed by atoms with E-state index in [1.54, 1.807) is 6.92 Å². The summed E-state index contributed by atoms with van der Waals surface area (Å²) >= 11 is 0. The van der Waals surface area contributed by atoms with Crippen LogP contribution in [-0.2, 0) is 21.5 Å². The van der Waals surface area contributed by atoms with Crippen molar-refractivity contribution in [3.05, 3.63) is 35.4 Å². The smallest absolute Gasteiger partial charge is 0.409 e. The Morgan fingerprint density at radius 3 is 2.39 bits per heavy atom. The van der Waals surface area contributed by atoms with Crippen LogP contribution in [0.5, 0.6) is 0 Å². The van der Waals surface area contributed by atoms with Crippen molar-refractivity contribution in [3.8, 4) is 0 Å². The molecule has 2 fully saturated rings. The van der Waals surface area contributed by atoms with Gasteiger partial charge in [-0.05, 0) is 56.3 Å². The lowest BCUT2D eigenvalue weighted by atomic mass is 9.68. The molecule has 3 aliphatic rings. The highest BCUT2D eigenvalue weighted by Gasteiger charge is 2.43. The van der Waals surface area contributed by atoms with Crippen LogP contribution in [0.15, 0.2) is 24.3 Å². The molecule has 172 valence electrons. The van der Waals surface area contributed by atoms with E-state index in [0.717, 1.165) is 71.4 Å². The minimum atomic E-state index is -0.156. The van der Waals surface area contributed by atoms with E-state index in [1.165, 1.54) is 11.1 Å². The molecule has 3 heterocycles. The van der Waals surface area contributed by atoms with Gasteiger partial charge < -0.3 is 19.4 Å². The SMILES string of the molecule is CCCOC(=O)N1CCC(N2CCC3(CC2)CN(C(C)=O)Cc2ccccc23)CC1.Cl. The second-order valence-corrected chi connectivity index (χ2v) is 9.18. The van der Waals surface area contributed by atoms with Gasteiger partial charge in [0, 0.05) is 44.6 Å². The molecule has 6 nitrogen and oxygen atoms in total. The molecule has 2 amide bonds. The van der Waals surface area contributed by atoms with Gasteiger partial charge in [-0.15, -0.1) is 12.4 Å². The van der Waals surface area contributed by atoms with Crippen LogP contribution in [0.1, 0.15) is 57.1 Å². The highest BCUT2D eigenvalue weighted by Crippen LogP contribution is 2.42. The number of benzene rings is 1. The van der Waals surface area contributed by atoms with Crippen LogP contribution in [0.2, 0.25) is 0 Å². The maximum absolute atomic E-state index is 12.2. The largest absolute Gasteiger partial charge is 0.449 e. The third-order valence-electron chi connectivity index (χ3n) is 7.31. The molecule has 1 spiro atoms. The summed E-state index contributed by atoms with van der Waals surface area (Å²) in [7, 11) is 0. The number of likely N-dealkylation sites (tertiary alicyclic amines) is 2. The summed E-state index contributed by atoms with van der Waals surface area (Å²) in [5, 5.41) is 0. The van der Waals surface area contributed by atoms with Crippen molar-refractivity contribution >= 4 is 24.4 Å². The standard InChI is InChI=1S/C24H35N3O3.ClH/c1-3-16-30-23(29)26-12-8-21(9-13-26)25-14-10-24(11-15-25)18-27(19(2)28)17-20-6-4-5-7-22(20)24;/h4-7,21H,3,8-18H2,1-2H3;1H. The van der Waals surface area contributed by atoms with Crippen molar-refractivity contribution in [2.45, 2.75) is 64.0 Å². The summed E-state index contributed by atoms with van der Waals surface area (Å²) in [4.78, 5) is 30.8. The highest BCUT2D eigenvalue weighted by atomic mass is 35.5. The van der Waals surface area contributed by atoms with Crippen LogP contribution in [0.4, 0.5) is 4.79 Å². The van der Waals surface area contributed by atoms with Gasteiger partial charge in [0.05, 0.1) is 6.61 Å². The number of carbonyl (C=O) groups is 2. The molecule has 0 atom stereocenters. The van der Waals surface area contributed by atoms with Crippen molar-refractivity contribution in [2.24, 2.45) is 0 Å². The molecule has 3 aliphatic heterocycles. The Morgan fingerprint density at radius 2 is 1.74 bits per heavy atom. The summed E-state index contributed by atoms with van der Waals surface area (Å²) < 4.78 is 5.29. The fraction of sp³-hybridized carbons (Fsp3) is 0.667. The average molecular weight is 450 g/mol. The highest BCUT2D eigenvalue weighted by molar-refractivity contribution is 5.85. The number of rotatable bonds is 3. The van der Waals surface area contributed by atoms with Gasteiger partial charge in [0.25, 0.3) is 0 Å². The molecule has 1 aromatic rings. The molecule has 31 heavy (non-hydrogen) atoms. The molecule has 7 heteroatoms. The van der Waals surface area contributed by atoms with E-state index in [9.17, 15) is 9.59 Å². The van der Waals surface area contributed by atoms with Crippen LogP contribution in [-0.4, -0.2) is 72.1 Å². The summed E-state index contributed by atoms with van der Waals surface area (Å²) in [5.74, 6) is 0.175. The Morgan fingerprint density at radius 1 is 1.06 bits per heavy atom. The van der Waals surface area contributed by atoms with Crippen molar-refractivity contribution in [1.82, 2.24) is 14.7 Å². The van der Waals surface area contributed by atoms with Crippen molar-refractivity contribution in [2.75, 3.05) is 39.3 Å². The zero-order chi connectivity index (χ0) is 21.1. The number of halogens is 1. The topological polar surface area (TPSA) is 53.1 Å². The second-order valence-electron chi connectivity index (χ2n) is 9.18. The van der Waals surface area contributed by atoms with Crippen molar-refractivity contribution in [3.63, 3.8) is 0 Å². The number of nitrogens with zero attached hydrogens (tertiary/aromatic N) is 3.